The molecule has 0 radical (unpaired) electrons. The highest BCUT2D eigenvalue weighted by Crippen LogP contribution is 2.32. The van der Waals surface area contributed by atoms with Gasteiger partial charge in [0.25, 0.3) is 0 Å². The highest BCUT2D eigenvalue weighted by molar-refractivity contribution is 5.73. The average molecular weight is 279 g/mol. The van der Waals surface area contributed by atoms with Crippen LogP contribution < -0.4 is 9.80 Å². The monoisotopic (exact) mass is 279 g/mol. The van der Waals surface area contributed by atoms with Crippen molar-refractivity contribution in [3.63, 3.8) is 0 Å². The van der Waals surface area contributed by atoms with Gasteiger partial charge in [-0.25, -0.2) is 9.97 Å². The Morgan fingerprint density at radius 3 is 2.81 bits per heavy atom. The number of fused-ring (bicyclic) bond motifs is 2. The van der Waals surface area contributed by atoms with E-state index >= 15 is 0 Å². The molecule has 0 aliphatic carbocycles. The number of rotatable bonds is 2. The molecule has 1 aliphatic rings. The van der Waals surface area contributed by atoms with E-state index in [0.29, 0.717) is 0 Å². The van der Waals surface area contributed by atoms with Crippen LogP contribution in [0.4, 0.5) is 11.4 Å². The maximum atomic E-state index is 4.37. The molecule has 2 aromatic heterocycles. The quantitative estimate of drug-likeness (QED) is 0.720. The van der Waals surface area contributed by atoms with Crippen molar-refractivity contribution in [1.29, 1.82) is 0 Å². The molecule has 0 N–H and O–H groups in total. The maximum absolute atomic E-state index is 4.37. The number of hydrogen-bond donors (Lipinski definition) is 0. The van der Waals surface area contributed by atoms with Crippen LogP contribution in [0.3, 0.4) is 0 Å². The number of para-hydroxylation sites is 2. The number of imidazole rings is 1. The van der Waals surface area contributed by atoms with Gasteiger partial charge in [-0.2, -0.15) is 0 Å². The summed E-state index contributed by atoms with van der Waals surface area (Å²) in [5, 5.41) is 0. The van der Waals surface area contributed by atoms with E-state index in [1.807, 2.05) is 18.5 Å². The number of nitrogens with zero attached hydrogens (tertiary/aromatic N) is 5. The van der Waals surface area contributed by atoms with E-state index in [1.165, 1.54) is 11.4 Å². The summed E-state index contributed by atoms with van der Waals surface area (Å²) in [7, 11) is 2.15. The fourth-order valence-electron chi connectivity index (χ4n) is 2.92. The lowest BCUT2D eigenvalue weighted by atomic mass is 10.1. The Kier molecular flexibility index (Phi) is 2.77. The van der Waals surface area contributed by atoms with Gasteiger partial charge in [-0.15, -0.1) is 0 Å². The van der Waals surface area contributed by atoms with E-state index in [9.17, 15) is 0 Å². The van der Waals surface area contributed by atoms with Gasteiger partial charge in [0.2, 0.25) is 5.78 Å². The molecule has 0 bridgehead atoms. The molecule has 0 saturated carbocycles. The number of aromatic nitrogens is 3. The second kappa shape index (κ2) is 4.77. The van der Waals surface area contributed by atoms with Crippen molar-refractivity contribution in [1.82, 2.24) is 14.4 Å². The van der Waals surface area contributed by atoms with E-state index in [0.717, 1.165) is 31.1 Å². The molecule has 1 aromatic carbocycles. The van der Waals surface area contributed by atoms with Crippen LogP contribution >= 0.6 is 0 Å². The molecule has 0 saturated heterocycles. The Balaban J connectivity index is 1.71. The van der Waals surface area contributed by atoms with Crippen molar-refractivity contribution in [2.45, 2.75) is 6.54 Å². The zero-order valence-electron chi connectivity index (χ0n) is 12.0. The molecule has 0 atom stereocenters. The van der Waals surface area contributed by atoms with Gasteiger partial charge >= 0.3 is 0 Å². The summed E-state index contributed by atoms with van der Waals surface area (Å²) in [5.41, 5.74) is 3.73. The summed E-state index contributed by atoms with van der Waals surface area (Å²) >= 11 is 0. The summed E-state index contributed by atoms with van der Waals surface area (Å²) in [6.45, 7) is 2.89. The summed E-state index contributed by atoms with van der Waals surface area (Å²) in [6, 6.07) is 10.5. The van der Waals surface area contributed by atoms with E-state index in [2.05, 4.69) is 55.5 Å². The van der Waals surface area contributed by atoms with Crippen molar-refractivity contribution in [2.75, 3.05) is 29.9 Å². The molecule has 5 nitrogen and oxygen atoms in total. The molecule has 106 valence electrons. The summed E-state index contributed by atoms with van der Waals surface area (Å²) in [6.07, 6.45) is 5.72. The fraction of sp³-hybridized carbons (Fsp3) is 0.250. The first-order chi connectivity index (χ1) is 10.3. The second-order valence-electron chi connectivity index (χ2n) is 5.37. The second-order valence-corrected chi connectivity index (χ2v) is 5.37. The molecule has 4 rings (SSSR count). The third-order valence-corrected chi connectivity index (χ3v) is 4.06. The van der Waals surface area contributed by atoms with Crippen molar-refractivity contribution in [3.8, 4) is 0 Å². The van der Waals surface area contributed by atoms with Crippen LogP contribution in [0, 0.1) is 0 Å². The summed E-state index contributed by atoms with van der Waals surface area (Å²) in [4.78, 5) is 13.4. The zero-order valence-corrected chi connectivity index (χ0v) is 12.0. The predicted molar refractivity (Wildman–Crippen MR) is 83.7 cm³/mol. The predicted octanol–water partition coefficient (Wildman–Crippen LogP) is 2.19. The van der Waals surface area contributed by atoms with Crippen LogP contribution in [0.2, 0.25) is 0 Å². The molecular weight excluding hydrogens is 262 g/mol. The molecule has 5 heteroatoms. The van der Waals surface area contributed by atoms with Crippen molar-refractivity contribution in [2.24, 2.45) is 0 Å². The Morgan fingerprint density at radius 1 is 1.05 bits per heavy atom. The van der Waals surface area contributed by atoms with Crippen LogP contribution in [-0.2, 0) is 6.54 Å². The molecule has 0 fully saturated rings. The van der Waals surface area contributed by atoms with Gasteiger partial charge in [0.1, 0.15) is 0 Å². The lowest BCUT2D eigenvalue weighted by molar-refractivity contribution is 0.721. The van der Waals surface area contributed by atoms with Crippen molar-refractivity contribution >= 4 is 17.2 Å². The molecule has 21 heavy (non-hydrogen) atoms. The van der Waals surface area contributed by atoms with Gasteiger partial charge in [-0.05, 0) is 18.2 Å². The number of hydrogen-bond acceptors (Lipinski definition) is 4. The summed E-state index contributed by atoms with van der Waals surface area (Å²) < 4.78 is 2.06. The van der Waals surface area contributed by atoms with Gasteiger partial charge in [-0.1, -0.05) is 12.1 Å². The lowest BCUT2D eigenvalue weighted by Crippen LogP contribution is -2.38. The lowest BCUT2D eigenvalue weighted by Gasteiger charge is -2.36. The van der Waals surface area contributed by atoms with Gasteiger partial charge in [0.05, 0.1) is 29.8 Å². The average Bonchev–Trinajstić information content (AvgIpc) is 2.94. The molecule has 0 spiro atoms. The minimum absolute atomic E-state index is 0.759. The van der Waals surface area contributed by atoms with Crippen LogP contribution in [0.25, 0.3) is 5.78 Å². The molecule has 0 amide bonds. The third-order valence-electron chi connectivity index (χ3n) is 4.06. The first-order valence-electron chi connectivity index (χ1n) is 7.15. The Bertz CT molecular complexity index is 779. The number of likely N-dealkylation sites (N-methyl/N-ethyl adjacent to an activating group) is 1. The molecule has 3 heterocycles. The Labute approximate surface area is 123 Å². The highest BCUT2D eigenvalue weighted by Gasteiger charge is 2.20. The standard InChI is InChI=1S/C16H17N5/c1-19-9-10-20(15-6-3-2-5-14(15)19)12-13-11-18-16-17-7-4-8-21(13)16/h2-8,11H,9-10,12H2,1H3. The van der Waals surface area contributed by atoms with Gasteiger partial charge in [0.15, 0.2) is 0 Å². The first-order valence-corrected chi connectivity index (χ1v) is 7.15. The van der Waals surface area contributed by atoms with Crippen LogP contribution in [0.1, 0.15) is 5.69 Å². The first kappa shape index (κ1) is 12.2. The molecular formula is C16H17N5. The van der Waals surface area contributed by atoms with Gasteiger partial charge in [0, 0.05) is 32.5 Å². The van der Waals surface area contributed by atoms with Crippen molar-refractivity contribution < 1.29 is 0 Å². The highest BCUT2D eigenvalue weighted by atomic mass is 15.3. The van der Waals surface area contributed by atoms with Crippen molar-refractivity contribution in [3.05, 3.63) is 54.6 Å². The molecule has 0 unspecified atom stereocenters. The molecule has 1 aliphatic heterocycles. The van der Waals surface area contributed by atoms with E-state index in [4.69, 9.17) is 0 Å². The minimum atomic E-state index is 0.759. The fourth-order valence-corrected chi connectivity index (χ4v) is 2.92. The Morgan fingerprint density at radius 2 is 1.90 bits per heavy atom. The van der Waals surface area contributed by atoms with Crippen LogP contribution in [0.5, 0.6) is 0 Å². The topological polar surface area (TPSA) is 36.7 Å². The minimum Gasteiger partial charge on any atom is -0.371 e. The molecule has 3 aromatic rings. The van der Waals surface area contributed by atoms with Crippen LogP contribution in [-0.4, -0.2) is 34.5 Å². The van der Waals surface area contributed by atoms with Gasteiger partial charge < -0.3 is 9.80 Å². The number of anilines is 2. The normalized spacial score (nSPS) is 14.5. The van der Waals surface area contributed by atoms with E-state index in [1.54, 1.807) is 6.20 Å². The summed E-state index contributed by atoms with van der Waals surface area (Å²) in [5.74, 6) is 0.759. The van der Waals surface area contributed by atoms with Gasteiger partial charge in [-0.3, -0.25) is 4.40 Å². The van der Waals surface area contributed by atoms with E-state index < -0.39 is 0 Å². The maximum Gasteiger partial charge on any atom is 0.233 e. The van der Waals surface area contributed by atoms with E-state index in [-0.39, 0.29) is 0 Å². The SMILES string of the molecule is CN1CCN(Cc2cnc3ncccn23)c2ccccc21. The van der Waals surface area contributed by atoms with Crippen LogP contribution in [0.15, 0.2) is 48.9 Å². The number of benzene rings is 1. The largest absolute Gasteiger partial charge is 0.371 e. The third kappa shape index (κ3) is 2.01. The Hall–Kier alpha value is -2.56. The zero-order chi connectivity index (χ0) is 14.2. The smallest absolute Gasteiger partial charge is 0.233 e.